The number of likely N-dealkylation sites (tertiary alicyclic amines) is 1. The number of thiophene rings is 1. The van der Waals surface area contributed by atoms with E-state index in [4.69, 9.17) is 5.73 Å². The minimum atomic E-state index is 0.225. The molecule has 1 fully saturated rings. The molecule has 1 aromatic rings. The third-order valence-corrected chi connectivity index (χ3v) is 3.62. The first-order chi connectivity index (χ1) is 6.79. The molecule has 0 saturated carbocycles. The third kappa shape index (κ3) is 2.00. The Morgan fingerprint density at radius 2 is 2.14 bits per heavy atom. The Balaban J connectivity index is 2.15. The maximum absolute atomic E-state index is 6.07. The van der Waals surface area contributed by atoms with Crippen LogP contribution in [0.2, 0.25) is 0 Å². The summed E-state index contributed by atoms with van der Waals surface area (Å²) in [6.07, 6.45) is 2.65. The van der Waals surface area contributed by atoms with Crippen LogP contribution >= 0.6 is 11.3 Å². The number of nitrogens with two attached hydrogens (primary N) is 1. The Kier molecular flexibility index (Phi) is 3.21. The van der Waals surface area contributed by atoms with E-state index in [-0.39, 0.29) is 6.04 Å². The van der Waals surface area contributed by atoms with Crippen molar-refractivity contribution in [2.24, 2.45) is 5.73 Å². The second-order valence-electron chi connectivity index (χ2n) is 4.10. The molecule has 2 nitrogen and oxygen atoms in total. The first-order valence-electron chi connectivity index (χ1n) is 5.31. The summed E-state index contributed by atoms with van der Waals surface area (Å²) < 4.78 is 0. The molecule has 1 aliphatic heterocycles. The molecular formula is C11H18N2S. The van der Waals surface area contributed by atoms with E-state index in [1.165, 1.54) is 31.5 Å². The maximum atomic E-state index is 6.07. The van der Waals surface area contributed by atoms with Crippen LogP contribution in [-0.4, -0.2) is 24.0 Å². The van der Waals surface area contributed by atoms with E-state index in [9.17, 15) is 0 Å². The highest BCUT2D eigenvalue weighted by molar-refractivity contribution is 7.07. The fourth-order valence-electron chi connectivity index (χ4n) is 2.31. The zero-order chi connectivity index (χ0) is 9.97. The third-order valence-electron chi connectivity index (χ3n) is 2.92. The topological polar surface area (TPSA) is 29.3 Å². The quantitative estimate of drug-likeness (QED) is 0.829. The van der Waals surface area contributed by atoms with Crippen molar-refractivity contribution in [3.63, 3.8) is 0 Å². The van der Waals surface area contributed by atoms with Gasteiger partial charge in [-0.1, -0.05) is 0 Å². The highest BCUT2D eigenvalue weighted by Gasteiger charge is 2.26. The molecule has 78 valence electrons. The Hall–Kier alpha value is -0.380. The molecule has 2 unspecified atom stereocenters. The monoisotopic (exact) mass is 210 g/mol. The number of hydrogen-bond acceptors (Lipinski definition) is 3. The molecule has 0 aromatic carbocycles. The van der Waals surface area contributed by atoms with Gasteiger partial charge in [0.1, 0.15) is 0 Å². The van der Waals surface area contributed by atoms with Crippen molar-refractivity contribution in [3.05, 3.63) is 22.4 Å². The van der Waals surface area contributed by atoms with Crippen LogP contribution in [0.4, 0.5) is 0 Å². The van der Waals surface area contributed by atoms with Crippen molar-refractivity contribution in [1.29, 1.82) is 0 Å². The average molecular weight is 210 g/mol. The normalized spacial score (nSPS) is 22.4. The zero-order valence-corrected chi connectivity index (χ0v) is 9.46. The van der Waals surface area contributed by atoms with Gasteiger partial charge in [-0.3, -0.25) is 4.90 Å². The van der Waals surface area contributed by atoms with Gasteiger partial charge >= 0.3 is 0 Å². The molecule has 0 amide bonds. The van der Waals surface area contributed by atoms with Crippen molar-refractivity contribution in [2.75, 3.05) is 13.1 Å². The summed E-state index contributed by atoms with van der Waals surface area (Å²) in [4.78, 5) is 2.52. The molecule has 14 heavy (non-hydrogen) atoms. The van der Waals surface area contributed by atoms with Gasteiger partial charge in [-0.2, -0.15) is 11.3 Å². The van der Waals surface area contributed by atoms with Crippen LogP contribution in [0.15, 0.2) is 16.8 Å². The molecule has 1 saturated heterocycles. The Labute approximate surface area is 89.7 Å². The van der Waals surface area contributed by atoms with Crippen LogP contribution in [-0.2, 0) is 0 Å². The predicted octanol–water partition coefficient (Wildman–Crippen LogP) is 2.23. The first kappa shape index (κ1) is 10.1. The van der Waals surface area contributed by atoms with Crippen molar-refractivity contribution < 1.29 is 0 Å². The second kappa shape index (κ2) is 4.43. The first-order valence-corrected chi connectivity index (χ1v) is 6.25. The van der Waals surface area contributed by atoms with E-state index in [2.05, 4.69) is 28.7 Å². The Morgan fingerprint density at radius 3 is 2.64 bits per heavy atom. The van der Waals surface area contributed by atoms with Crippen LogP contribution in [0.3, 0.4) is 0 Å². The van der Waals surface area contributed by atoms with E-state index < -0.39 is 0 Å². The second-order valence-corrected chi connectivity index (χ2v) is 4.88. The SMILES string of the molecule is CC(N)C(c1ccsc1)N1CCCC1. The number of nitrogens with zero attached hydrogens (tertiary/aromatic N) is 1. The molecule has 0 aliphatic carbocycles. The van der Waals surface area contributed by atoms with Crippen LogP contribution in [0.1, 0.15) is 31.4 Å². The molecule has 0 radical (unpaired) electrons. The summed E-state index contributed by atoms with van der Waals surface area (Å²) in [6.45, 7) is 4.53. The molecule has 1 aliphatic rings. The highest BCUT2D eigenvalue weighted by atomic mass is 32.1. The zero-order valence-electron chi connectivity index (χ0n) is 8.65. The van der Waals surface area contributed by atoms with Gasteiger partial charge in [0, 0.05) is 6.04 Å². The summed E-state index contributed by atoms with van der Waals surface area (Å²) in [6, 6.07) is 2.86. The summed E-state index contributed by atoms with van der Waals surface area (Å²) in [5.74, 6) is 0. The average Bonchev–Trinajstić information content (AvgIpc) is 2.75. The molecule has 2 N–H and O–H groups in total. The number of hydrogen-bond donors (Lipinski definition) is 1. The van der Waals surface area contributed by atoms with Gasteiger partial charge in [-0.25, -0.2) is 0 Å². The molecule has 0 bridgehead atoms. The summed E-state index contributed by atoms with van der Waals surface area (Å²) in [7, 11) is 0. The lowest BCUT2D eigenvalue weighted by Gasteiger charge is -2.30. The number of rotatable bonds is 3. The van der Waals surface area contributed by atoms with Gasteiger partial charge in [-0.05, 0) is 55.2 Å². The van der Waals surface area contributed by atoms with Crippen molar-refractivity contribution in [1.82, 2.24) is 4.90 Å². The molecule has 2 rings (SSSR count). The molecular weight excluding hydrogens is 192 g/mol. The van der Waals surface area contributed by atoms with Gasteiger partial charge in [0.2, 0.25) is 0 Å². The Morgan fingerprint density at radius 1 is 1.43 bits per heavy atom. The maximum Gasteiger partial charge on any atom is 0.0504 e. The molecule has 2 atom stereocenters. The van der Waals surface area contributed by atoms with Crippen molar-refractivity contribution in [2.45, 2.75) is 31.8 Å². The van der Waals surface area contributed by atoms with E-state index in [0.717, 1.165) is 0 Å². The smallest absolute Gasteiger partial charge is 0.0504 e. The van der Waals surface area contributed by atoms with E-state index in [0.29, 0.717) is 6.04 Å². The van der Waals surface area contributed by atoms with Gasteiger partial charge < -0.3 is 5.73 Å². The summed E-state index contributed by atoms with van der Waals surface area (Å²) in [5, 5.41) is 4.37. The standard InChI is InChI=1S/C11H18N2S/c1-9(12)11(10-4-7-14-8-10)13-5-2-3-6-13/h4,7-9,11H,2-3,5-6,12H2,1H3. The van der Waals surface area contributed by atoms with Crippen molar-refractivity contribution in [3.8, 4) is 0 Å². The highest BCUT2D eigenvalue weighted by Crippen LogP contribution is 2.28. The predicted molar refractivity (Wildman–Crippen MR) is 61.5 cm³/mol. The van der Waals surface area contributed by atoms with Crippen LogP contribution in [0.5, 0.6) is 0 Å². The fourth-order valence-corrected chi connectivity index (χ4v) is 3.00. The molecule has 2 heterocycles. The van der Waals surface area contributed by atoms with E-state index in [1.807, 2.05) is 0 Å². The molecule has 3 heteroatoms. The lowest BCUT2D eigenvalue weighted by Crippen LogP contribution is -2.37. The van der Waals surface area contributed by atoms with Crippen molar-refractivity contribution >= 4 is 11.3 Å². The van der Waals surface area contributed by atoms with Gasteiger partial charge in [0.05, 0.1) is 6.04 Å². The largest absolute Gasteiger partial charge is 0.326 e. The molecule has 1 aromatic heterocycles. The fraction of sp³-hybridized carbons (Fsp3) is 0.636. The van der Waals surface area contributed by atoms with Crippen LogP contribution < -0.4 is 5.73 Å². The summed E-state index contributed by atoms with van der Waals surface area (Å²) in [5.41, 5.74) is 7.47. The Bertz CT molecular complexity index is 263. The lowest BCUT2D eigenvalue weighted by atomic mass is 10.0. The van der Waals surface area contributed by atoms with Crippen LogP contribution in [0.25, 0.3) is 0 Å². The van der Waals surface area contributed by atoms with Crippen LogP contribution in [0, 0.1) is 0 Å². The minimum Gasteiger partial charge on any atom is -0.326 e. The minimum absolute atomic E-state index is 0.225. The van der Waals surface area contributed by atoms with Gasteiger partial charge in [0.25, 0.3) is 0 Å². The van der Waals surface area contributed by atoms with E-state index in [1.54, 1.807) is 11.3 Å². The lowest BCUT2D eigenvalue weighted by molar-refractivity contribution is 0.219. The summed E-state index contributed by atoms with van der Waals surface area (Å²) >= 11 is 1.76. The molecule has 0 spiro atoms. The van der Waals surface area contributed by atoms with E-state index >= 15 is 0 Å². The van der Waals surface area contributed by atoms with Gasteiger partial charge in [-0.15, -0.1) is 0 Å². The van der Waals surface area contributed by atoms with Gasteiger partial charge in [0.15, 0.2) is 0 Å².